The zero-order chi connectivity index (χ0) is 14.3. The molecule has 0 heterocycles. The van der Waals surface area contributed by atoms with Crippen molar-refractivity contribution < 1.29 is 8.42 Å². The van der Waals surface area contributed by atoms with E-state index < -0.39 is 9.84 Å². The van der Waals surface area contributed by atoms with Crippen LogP contribution in [-0.2, 0) is 9.84 Å². The normalized spacial score (nSPS) is 28.5. The smallest absolute Gasteiger partial charge is 0.147 e. The van der Waals surface area contributed by atoms with Crippen LogP contribution in [0.15, 0.2) is 0 Å². The summed E-state index contributed by atoms with van der Waals surface area (Å²) < 4.78 is 22.8. The van der Waals surface area contributed by atoms with Gasteiger partial charge >= 0.3 is 0 Å². The van der Waals surface area contributed by atoms with Crippen LogP contribution in [0.5, 0.6) is 0 Å². The van der Waals surface area contributed by atoms with Crippen LogP contribution in [0.2, 0.25) is 0 Å². The van der Waals surface area contributed by atoms with Crippen molar-refractivity contribution in [3.63, 3.8) is 0 Å². The van der Waals surface area contributed by atoms with Crippen LogP contribution in [0, 0.1) is 17.8 Å². The van der Waals surface area contributed by atoms with Crippen LogP contribution in [0.3, 0.4) is 0 Å². The number of hydrogen-bond donors (Lipinski definition) is 1. The maximum absolute atomic E-state index is 11.4. The summed E-state index contributed by atoms with van der Waals surface area (Å²) in [5.74, 6) is 2.46. The quantitative estimate of drug-likeness (QED) is 0.747. The minimum absolute atomic E-state index is 0.360. The van der Waals surface area contributed by atoms with Crippen LogP contribution in [-0.4, -0.2) is 33.5 Å². The molecular formula is C15H31NO2S. The number of sulfone groups is 1. The fourth-order valence-electron chi connectivity index (χ4n) is 3.41. The molecule has 4 heteroatoms. The van der Waals surface area contributed by atoms with Gasteiger partial charge in [0, 0.05) is 6.26 Å². The highest BCUT2D eigenvalue weighted by molar-refractivity contribution is 7.90. The van der Waals surface area contributed by atoms with Gasteiger partial charge < -0.3 is 5.32 Å². The molecule has 0 amide bonds. The van der Waals surface area contributed by atoms with Crippen LogP contribution < -0.4 is 5.32 Å². The van der Waals surface area contributed by atoms with Crippen molar-refractivity contribution in [2.75, 3.05) is 25.1 Å². The zero-order valence-electron chi connectivity index (χ0n) is 12.8. The van der Waals surface area contributed by atoms with Crippen LogP contribution in [0.4, 0.5) is 0 Å². The Morgan fingerprint density at radius 2 is 1.84 bits per heavy atom. The van der Waals surface area contributed by atoms with E-state index in [1.54, 1.807) is 0 Å². The molecule has 1 fully saturated rings. The van der Waals surface area contributed by atoms with Crippen LogP contribution in [0.1, 0.15) is 52.4 Å². The topological polar surface area (TPSA) is 46.2 Å². The van der Waals surface area contributed by atoms with Gasteiger partial charge in [-0.15, -0.1) is 0 Å². The van der Waals surface area contributed by atoms with Gasteiger partial charge in [-0.3, -0.25) is 0 Å². The van der Waals surface area contributed by atoms with Gasteiger partial charge in [0.25, 0.3) is 0 Å². The summed E-state index contributed by atoms with van der Waals surface area (Å²) in [6.45, 7) is 6.45. The highest BCUT2D eigenvalue weighted by Crippen LogP contribution is 2.37. The van der Waals surface area contributed by atoms with E-state index in [0.717, 1.165) is 25.4 Å². The lowest BCUT2D eigenvalue weighted by Crippen LogP contribution is -2.34. The van der Waals surface area contributed by atoms with E-state index in [0.29, 0.717) is 17.6 Å². The van der Waals surface area contributed by atoms with E-state index in [4.69, 9.17) is 0 Å². The summed E-state index contributed by atoms with van der Waals surface area (Å²) in [6.07, 6.45) is 8.61. The molecule has 0 aromatic rings. The van der Waals surface area contributed by atoms with Crippen LogP contribution >= 0.6 is 0 Å². The third-order valence-corrected chi connectivity index (χ3v) is 5.44. The SMILES string of the molecule is CCCC1CCC(CNCC)C(CCS(C)(=O)=O)C1. The van der Waals surface area contributed by atoms with Gasteiger partial charge in [0.05, 0.1) is 5.75 Å². The molecule has 114 valence electrons. The van der Waals surface area contributed by atoms with Gasteiger partial charge in [-0.25, -0.2) is 8.42 Å². The summed E-state index contributed by atoms with van der Waals surface area (Å²) in [7, 11) is -2.82. The Hall–Kier alpha value is -0.0900. The zero-order valence-corrected chi connectivity index (χ0v) is 13.6. The lowest BCUT2D eigenvalue weighted by molar-refractivity contribution is 0.165. The Morgan fingerprint density at radius 1 is 1.11 bits per heavy atom. The molecule has 3 unspecified atom stereocenters. The molecule has 0 aliphatic heterocycles. The predicted octanol–water partition coefficient (Wildman–Crippen LogP) is 2.86. The summed E-state index contributed by atoms with van der Waals surface area (Å²) in [4.78, 5) is 0. The second-order valence-corrected chi connectivity index (χ2v) is 8.47. The molecular weight excluding hydrogens is 258 g/mol. The minimum atomic E-state index is -2.82. The number of hydrogen-bond acceptors (Lipinski definition) is 3. The Morgan fingerprint density at radius 3 is 2.42 bits per heavy atom. The van der Waals surface area contributed by atoms with Gasteiger partial charge in [0.1, 0.15) is 9.84 Å². The average molecular weight is 289 g/mol. The first-order valence-corrected chi connectivity index (χ1v) is 9.90. The molecule has 1 saturated carbocycles. The highest BCUT2D eigenvalue weighted by atomic mass is 32.2. The van der Waals surface area contributed by atoms with Crippen molar-refractivity contribution >= 4 is 9.84 Å². The Labute approximate surface area is 119 Å². The standard InChI is InChI=1S/C15H31NO2S/c1-4-6-13-7-8-15(12-16-5-2)14(11-13)9-10-19(3,17)18/h13-16H,4-12H2,1-3H3. The molecule has 1 aliphatic rings. The van der Waals surface area contributed by atoms with Gasteiger partial charge in [0.2, 0.25) is 0 Å². The van der Waals surface area contributed by atoms with Crippen molar-refractivity contribution in [3.8, 4) is 0 Å². The van der Waals surface area contributed by atoms with Crippen molar-refractivity contribution in [1.82, 2.24) is 5.32 Å². The monoisotopic (exact) mass is 289 g/mol. The molecule has 0 bridgehead atoms. The summed E-state index contributed by atoms with van der Waals surface area (Å²) in [5, 5.41) is 3.44. The first-order chi connectivity index (χ1) is 8.96. The summed E-state index contributed by atoms with van der Waals surface area (Å²) in [6, 6.07) is 0. The van der Waals surface area contributed by atoms with Crippen molar-refractivity contribution in [1.29, 1.82) is 0 Å². The maximum atomic E-state index is 11.4. The molecule has 0 saturated heterocycles. The van der Waals surface area contributed by atoms with E-state index in [-0.39, 0.29) is 0 Å². The van der Waals surface area contributed by atoms with E-state index in [9.17, 15) is 8.42 Å². The molecule has 3 atom stereocenters. The molecule has 19 heavy (non-hydrogen) atoms. The van der Waals surface area contributed by atoms with Crippen molar-refractivity contribution in [2.45, 2.75) is 52.4 Å². The highest BCUT2D eigenvalue weighted by Gasteiger charge is 2.30. The lowest BCUT2D eigenvalue weighted by atomic mass is 9.71. The van der Waals surface area contributed by atoms with Gasteiger partial charge in [0.15, 0.2) is 0 Å². The second-order valence-electron chi connectivity index (χ2n) is 6.21. The fourth-order valence-corrected chi connectivity index (χ4v) is 4.14. The van der Waals surface area contributed by atoms with Crippen molar-refractivity contribution in [2.24, 2.45) is 17.8 Å². The molecule has 3 nitrogen and oxygen atoms in total. The average Bonchev–Trinajstić information content (AvgIpc) is 2.34. The third kappa shape index (κ3) is 6.75. The number of rotatable bonds is 8. The second kappa shape index (κ2) is 8.25. The van der Waals surface area contributed by atoms with E-state index in [2.05, 4.69) is 19.2 Å². The van der Waals surface area contributed by atoms with Crippen molar-refractivity contribution in [3.05, 3.63) is 0 Å². The molecule has 1 aliphatic carbocycles. The molecule has 1 rings (SSSR count). The van der Waals surface area contributed by atoms with Gasteiger partial charge in [-0.1, -0.05) is 33.1 Å². The Bertz CT molecular complexity index is 340. The van der Waals surface area contributed by atoms with Gasteiger partial charge in [-0.2, -0.15) is 0 Å². The predicted molar refractivity (Wildman–Crippen MR) is 82.1 cm³/mol. The maximum Gasteiger partial charge on any atom is 0.147 e. The third-order valence-electron chi connectivity index (χ3n) is 4.46. The fraction of sp³-hybridized carbons (Fsp3) is 1.00. The summed E-state index contributed by atoms with van der Waals surface area (Å²) in [5.41, 5.74) is 0. The van der Waals surface area contributed by atoms with E-state index in [1.807, 2.05) is 0 Å². The Balaban J connectivity index is 2.54. The van der Waals surface area contributed by atoms with Gasteiger partial charge in [-0.05, 0) is 50.1 Å². The Kier molecular flexibility index (Phi) is 7.37. The molecule has 1 N–H and O–H groups in total. The number of nitrogens with one attached hydrogen (secondary N) is 1. The largest absolute Gasteiger partial charge is 0.317 e. The van der Waals surface area contributed by atoms with E-state index in [1.165, 1.54) is 38.4 Å². The molecule has 0 aromatic carbocycles. The molecule has 0 aromatic heterocycles. The molecule has 0 radical (unpaired) electrons. The first-order valence-electron chi connectivity index (χ1n) is 7.84. The van der Waals surface area contributed by atoms with Crippen LogP contribution in [0.25, 0.3) is 0 Å². The summed E-state index contributed by atoms with van der Waals surface area (Å²) >= 11 is 0. The van der Waals surface area contributed by atoms with E-state index >= 15 is 0 Å². The lowest BCUT2D eigenvalue weighted by Gasteiger charge is -2.36. The first kappa shape index (κ1) is 17.0. The minimum Gasteiger partial charge on any atom is -0.317 e. The molecule has 0 spiro atoms.